The van der Waals surface area contributed by atoms with Crippen molar-refractivity contribution in [1.29, 1.82) is 0 Å². The first-order valence-electron chi connectivity index (χ1n) is 5.02. The summed E-state index contributed by atoms with van der Waals surface area (Å²) in [5.74, 6) is -3.49. The fourth-order valence-electron chi connectivity index (χ4n) is 1.89. The van der Waals surface area contributed by atoms with Crippen molar-refractivity contribution in [2.45, 2.75) is 13.5 Å². The van der Waals surface area contributed by atoms with E-state index in [4.69, 9.17) is 5.73 Å². The first-order valence-corrected chi connectivity index (χ1v) is 5.02. The largest absolute Gasteiger partial charge is 0.431 e. The van der Waals surface area contributed by atoms with Crippen LogP contribution in [0.3, 0.4) is 0 Å². The number of hydrogen-bond acceptors (Lipinski definition) is 2. The molecule has 0 aliphatic carbocycles. The highest BCUT2D eigenvalue weighted by Crippen LogP contribution is 2.35. The van der Waals surface area contributed by atoms with Gasteiger partial charge in [0, 0.05) is 11.1 Å². The van der Waals surface area contributed by atoms with Crippen molar-refractivity contribution < 1.29 is 22.3 Å². The first kappa shape index (κ1) is 12.5. The van der Waals surface area contributed by atoms with E-state index < -0.39 is 24.0 Å². The van der Waals surface area contributed by atoms with E-state index in [1.807, 2.05) is 0 Å². The monoisotopic (exact) mass is 259 g/mol. The van der Waals surface area contributed by atoms with Crippen molar-refractivity contribution in [3.63, 3.8) is 0 Å². The third-order valence-corrected chi connectivity index (χ3v) is 2.51. The second-order valence-corrected chi connectivity index (χ2v) is 3.82. The normalized spacial score (nSPS) is 11.2. The molecule has 0 atom stereocenters. The van der Waals surface area contributed by atoms with Crippen molar-refractivity contribution >= 4 is 16.5 Å². The fourth-order valence-corrected chi connectivity index (χ4v) is 1.89. The van der Waals surface area contributed by atoms with E-state index in [-0.39, 0.29) is 10.8 Å². The zero-order chi connectivity index (χ0) is 13.4. The van der Waals surface area contributed by atoms with Crippen molar-refractivity contribution in [2.75, 3.05) is 5.73 Å². The molecule has 2 aromatic rings. The van der Waals surface area contributed by atoms with Crippen LogP contribution in [0.25, 0.3) is 10.8 Å². The second kappa shape index (κ2) is 4.36. The Morgan fingerprint density at radius 1 is 1.17 bits per heavy atom. The van der Waals surface area contributed by atoms with Gasteiger partial charge in [-0.2, -0.15) is 13.2 Å². The van der Waals surface area contributed by atoms with E-state index >= 15 is 0 Å². The van der Waals surface area contributed by atoms with E-state index in [9.17, 15) is 17.6 Å². The summed E-state index contributed by atoms with van der Waals surface area (Å²) in [5, 5.41) is 0.297. The Hall–Kier alpha value is -1.98. The number of hydrogen-bond donors (Lipinski definition) is 1. The van der Waals surface area contributed by atoms with Crippen LogP contribution in [-0.2, 0) is 0 Å². The van der Waals surface area contributed by atoms with Crippen molar-refractivity contribution in [3.8, 4) is 5.75 Å². The van der Waals surface area contributed by atoms with Gasteiger partial charge in [0.15, 0.2) is 11.6 Å². The molecule has 0 spiro atoms. The molecule has 2 rings (SSSR count). The Labute approximate surface area is 100.0 Å². The van der Waals surface area contributed by atoms with Gasteiger partial charge in [0.05, 0.1) is 0 Å². The van der Waals surface area contributed by atoms with Gasteiger partial charge in [0.1, 0.15) is 0 Å². The van der Waals surface area contributed by atoms with E-state index in [1.54, 1.807) is 6.92 Å². The van der Waals surface area contributed by atoms with E-state index in [2.05, 4.69) is 4.74 Å². The summed E-state index contributed by atoms with van der Waals surface area (Å²) in [7, 11) is 0. The summed E-state index contributed by atoms with van der Waals surface area (Å²) in [6.07, 6.45) is 0. The minimum atomic E-state index is -3.23. The third-order valence-electron chi connectivity index (χ3n) is 2.51. The molecule has 0 aromatic heterocycles. The maximum absolute atomic E-state index is 13.5. The molecule has 2 aromatic carbocycles. The van der Waals surface area contributed by atoms with Crippen LogP contribution >= 0.6 is 0 Å². The number of fused-ring (bicyclic) bond motifs is 1. The Morgan fingerprint density at radius 3 is 2.44 bits per heavy atom. The van der Waals surface area contributed by atoms with Crippen molar-refractivity contribution in [3.05, 3.63) is 35.4 Å². The molecule has 0 aliphatic rings. The molecular weight excluding hydrogens is 250 g/mol. The summed E-state index contributed by atoms with van der Waals surface area (Å²) < 4.78 is 55.3. The number of rotatable bonds is 2. The number of nitrogen functional groups attached to an aromatic ring is 1. The van der Waals surface area contributed by atoms with Crippen LogP contribution < -0.4 is 10.5 Å². The van der Waals surface area contributed by atoms with Crippen LogP contribution in [0.15, 0.2) is 18.2 Å². The minimum absolute atomic E-state index is 0.0865. The molecule has 0 heterocycles. The van der Waals surface area contributed by atoms with Gasteiger partial charge < -0.3 is 10.5 Å². The fraction of sp³-hybridized carbons (Fsp3) is 0.167. The lowest BCUT2D eigenvalue weighted by Crippen LogP contribution is -2.06. The lowest BCUT2D eigenvalue weighted by molar-refractivity contribution is -0.0513. The van der Waals surface area contributed by atoms with Gasteiger partial charge in [-0.1, -0.05) is 0 Å². The molecule has 2 N–H and O–H groups in total. The predicted octanol–water partition coefficient (Wildman–Crippen LogP) is 3.61. The number of alkyl halides is 2. The predicted molar refractivity (Wildman–Crippen MR) is 59.6 cm³/mol. The molecule has 6 heteroatoms. The van der Waals surface area contributed by atoms with Crippen LogP contribution in [0.1, 0.15) is 5.56 Å². The smallest absolute Gasteiger partial charge is 0.387 e. The Balaban J connectivity index is 2.83. The number of halogens is 4. The van der Waals surface area contributed by atoms with E-state index in [1.165, 1.54) is 12.1 Å². The van der Waals surface area contributed by atoms with Crippen LogP contribution in [0.2, 0.25) is 0 Å². The van der Waals surface area contributed by atoms with Crippen LogP contribution in [0, 0.1) is 18.6 Å². The highest BCUT2D eigenvalue weighted by molar-refractivity contribution is 5.93. The maximum Gasteiger partial charge on any atom is 0.387 e. The standard InChI is InChI=1S/C12H9F4NO/c1-5-2-7(17)3-6-4-8(13)10(14)11(9(5)6)18-12(15)16/h2-4,12H,17H2,1H3. The summed E-state index contributed by atoms with van der Waals surface area (Å²) in [5.41, 5.74) is 6.32. The van der Waals surface area contributed by atoms with E-state index in [0.29, 0.717) is 11.3 Å². The van der Waals surface area contributed by atoms with Gasteiger partial charge in [0.25, 0.3) is 0 Å². The molecule has 0 unspecified atom stereocenters. The molecule has 96 valence electrons. The molecule has 0 saturated carbocycles. The molecule has 0 saturated heterocycles. The summed E-state index contributed by atoms with van der Waals surface area (Å²) in [6.45, 7) is -1.68. The number of benzene rings is 2. The number of ether oxygens (including phenoxy) is 1. The van der Waals surface area contributed by atoms with Crippen molar-refractivity contribution in [2.24, 2.45) is 0 Å². The first-order chi connectivity index (χ1) is 8.40. The average Bonchev–Trinajstić information content (AvgIpc) is 2.23. The molecule has 0 amide bonds. The van der Waals surface area contributed by atoms with Crippen LogP contribution in [0.5, 0.6) is 5.75 Å². The summed E-state index contributed by atoms with van der Waals surface area (Å²) in [6, 6.07) is 3.73. The molecular formula is C12H9F4NO. The Kier molecular flexibility index (Phi) is 3.02. The summed E-state index contributed by atoms with van der Waals surface area (Å²) >= 11 is 0. The van der Waals surface area contributed by atoms with Gasteiger partial charge >= 0.3 is 6.61 Å². The molecule has 18 heavy (non-hydrogen) atoms. The van der Waals surface area contributed by atoms with Gasteiger partial charge in [-0.05, 0) is 36.1 Å². The highest BCUT2D eigenvalue weighted by atomic mass is 19.3. The molecule has 2 nitrogen and oxygen atoms in total. The summed E-state index contributed by atoms with van der Waals surface area (Å²) in [4.78, 5) is 0. The second-order valence-electron chi connectivity index (χ2n) is 3.82. The van der Waals surface area contributed by atoms with Crippen LogP contribution in [-0.4, -0.2) is 6.61 Å². The van der Waals surface area contributed by atoms with Gasteiger partial charge in [0.2, 0.25) is 5.82 Å². The zero-order valence-electron chi connectivity index (χ0n) is 9.31. The lowest BCUT2D eigenvalue weighted by Gasteiger charge is -2.12. The molecule has 0 fully saturated rings. The number of aryl methyl sites for hydroxylation is 1. The topological polar surface area (TPSA) is 35.2 Å². The van der Waals surface area contributed by atoms with Crippen molar-refractivity contribution in [1.82, 2.24) is 0 Å². The lowest BCUT2D eigenvalue weighted by atomic mass is 10.0. The maximum atomic E-state index is 13.5. The molecule has 0 bridgehead atoms. The number of anilines is 1. The SMILES string of the molecule is Cc1cc(N)cc2cc(F)c(F)c(OC(F)F)c12. The van der Waals surface area contributed by atoms with Gasteiger partial charge in [-0.15, -0.1) is 0 Å². The van der Waals surface area contributed by atoms with Crippen LogP contribution in [0.4, 0.5) is 23.2 Å². The average molecular weight is 259 g/mol. The Bertz CT molecular complexity index is 613. The third kappa shape index (κ3) is 2.05. The van der Waals surface area contributed by atoms with E-state index in [0.717, 1.165) is 6.07 Å². The highest BCUT2D eigenvalue weighted by Gasteiger charge is 2.19. The quantitative estimate of drug-likeness (QED) is 0.660. The zero-order valence-corrected chi connectivity index (χ0v) is 9.31. The molecule has 0 aliphatic heterocycles. The molecule has 0 radical (unpaired) electrons. The van der Waals surface area contributed by atoms with Gasteiger partial charge in [-0.25, -0.2) is 4.39 Å². The van der Waals surface area contributed by atoms with Gasteiger partial charge in [-0.3, -0.25) is 0 Å². The minimum Gasteiger partial charge on any atom is -0.431 e. The Morgan fingerprint density at radius 2 is 1.83 bits per heavy atom. The number of nitrogens with two attached hydrogens (primary N) is 1.